The Morgan fingerprint density at radius 2 is 1.79 bits per heavy atom. The Morgan fingerprint density at radius 3 is 2.51 bits per heavy atom. The molecule has 0 saturated carbocycles. The molecule has 3 aromatic heterocycles. The molecular weight excluding hydrogens is 520 g/mol. The molecular formula is C27H35ClN8O3. The summed E-state index contributed by atoms with van der Waals surface area (Å²) in [5.74, 6) is -0.228. The Morgan fingerprint density at radius 1 is 1.08 bits per heavy atom. The maximum atomic E-state index is 13.3. The number of nitrogens with one attached hydrogen (secondary N) is 2. The highest BCUT2D eigenvalue weighted by molar-refractivity contribution is 6.32. The SMILES string of the molecule is CCCCN(CCCNC(=O)OC(C)(C)C)c1cccnc1NC(=O)c1nc(-c2ncccc2Cl)cnc1N. The van der Waals surface area contributed by atoms with Crippen LogP contribution >= 0.6 is 11.6 Å². The number of aromatic nitrogens is 4. The molecule has 0 atom stereocenters. The highest BCUT2D eigenvalue weighted by Crippen LogP contribution is 2.27. The van der Waals surface area contributed by atoms with Crippen molar-refractivity contribution in [1.82, 2.24) is 25.3 Å². The summed E-state index contributed by atoms with van der Waals surface area (Å²) in [6.45, 7) is 9.37. The number of rotatable bonds is 11. The smallest absolute Gasteiger partial charge is 0.407 e. The number of hydrogen-bond acceptors (Lipinski definition) is 9. The van der Waals surface area contributed by atoms with E-state index >= 15 is 0 Å². The summed E-state index contributed by atoms with van der Waals surface area (Å²) in [6, 6.07) is 7.07. The Balaban J connectivity index is 1.76. The van der Waals surface area contributed by atoms with E-state index in [9.17, 15) is 9.59 Å². The van der Waals surface area contributed by atoms with E-state index in [1.807, 2.05) is 26.8 Å². The summed E-state index contributed by atoms with van der Waals surface area (Å²) in [7, 11) is 0. The molecule has 0 spiro atoms. The molecule has 0 aliphatic heterocycles. The summed E-state index contributed by atoms with van der Waals surface area (Å²) in [5, 5.41) is 5.99. The van der Waals surface area contributed by atoms with Crippen LogP contribution in [0.4, 0.5) is 22.1 Å². The molecule has 2 amide bonds. The third-order valence-corrected chi connectivity index (χ3v) is 5.74. The van der Waals surface area contributed by atoms with Gasteiger partial charge in [0.15, 0.2) is 17.3 Å². The molecule has 0 aliphatic rings. The van der Waals surface area contributed by atoms with E-state index in [0.717, 1.165) is 25.1 Å². The first-order valence-electron chi connectivity index (χ1n) is 12.8. The van der Waals surface area contributed by atoms with Gasteiger partial charge in [0, 0.05) is 32.0 Å². The van der Waals surface area contributed by atoms with Gasteiger partial charge in [-0.2, -0.15) is 0 Å². The number of amides is 2. The lowest BCUT2D eigenvalue weighted by Gasteiger charge is -2.27. The molecule has 0 saturated heterocycles. The van der Waals surface area contributed by atoms with Crippen molar-refractivity contribution < 1.29 is 14.3 Å². The number of ether oxygens (including phenoxy) is 1. The van der Waals surface area contributed by atoms with E-state index < -0.39 is 17.6 Å². The Hall–Kier alpha value is -3.99. The van der Waals surface area contributed by atoms with Crippen molar-refractivity contribution in [2.75, 3.05) is 35.6 Å². The molecule has 0 fully saturated rings. The zero-order valence-corrected chi connectivity index (χ0v) is 23.5. The lowest BCUT2D eigenvalue weighted by Crippen LogP contribution is -2.35. The fraction of sp³-hybridized carbons (Fsp3) is 0.407. The average molecular weight is 555 g/mol. The van der Waals surface area contributed by atoms with Gasteiger partial charge in [0.1, 0.15) is 17.0 Å². The first-order valence-corrected chi connectivity index (χ1v) is 13.2. The summed E-state index contributed by atoms with van der Waals surface area (Å²) in [6.07, 6.45) is 6.73. The van der Waals surface area contributed by atoms with E-state index in [-0.39, 0.29) is 11.5 Å². The average Bonchev–Trinajstić information content (AvgIpc) is 2.88. The van der Waals surface area contributed by atoms with Crippen molar-refractivity contribution in [1.29, 1.82) is 0 Å². The van der Waals surface area contributed by atoms with Gasteiger partial charge in [0.05, 0.1) is 16.9 Å². The van der Waals surface area contributed by atoms with Crippen molar-refractivity contribution >= 4 is 40.9 Å². The highest BCUT2D eigenvalue weighted by Gasteiger charge is 2.20. The first-order chi connectivity index (χ1) is 18.6. The van der Waals surface area contributed by atoms with Gasteiger partial charge in [-0.05, 0) is 57.9 Å². The quantitative estimate of drug-likeness (QED) is 0.280. The van der Waals surface area contributed by atoms with Crippen molar-refractivity contribution in [2.45, 2.75) is 52.6 Å². The van der Waals surface area contributed by atoms with Crippen LogP contribution in [-0.4, -0.2) is 57.2 Å². The predicted octanol–water partition coefficient (Wildman–Crippen LogP) is 4.94. The lowest BCUT2D eigenvalue weighted by atomic mass is 10.2. The molecule has 0 aromatic carbocycles. The summed E-state index contributed by atoms with van der Waals surface area (Å²) in [4.78, 5) is 44.5. The van der Waals surface area contributed by atoms with E-state index in [1.54, 1.807) is 30.6 Å². The molecule has 0 radical (unpaired) electrons. The zero-order valence-electron chi connectivity index (χ0n) is 22.7. The fourth-order valence-corrected chi connectivity index (χ4v) is 3.86. The maximum Gasteiger partial charge on any atom is 0.407 e. The fourth-order valence-electron chi connectivity index (χ4n) is 3.65. The number of anilines is 3. The second-order valence-electron chi connectivity index (χ2n) is 9.77. The van der Waals surface area contributed by atoms with Crippen molar-refractivity contribution in [3.63, 3.8) is 0 Å². The summed E-state index contributed by atoms with van der Waals surface area (Å²) >= 11 is 6.25. The van der Waals surface area contributed by atoms with Gasteiger partial charge in [-0.3, -0.25) is 9.78 Å². The predicted molar refractivity (Wildman–Crippen MR) is 153 cm³/mol. The van der Waals surface area contributed by atoms with Gasteiger partial charge in [0.2, 0.25) is 0 Å². The molecule has 11 nitrogen and oxygen atoms in total. The van der Waals surface area contributed by atoms with Gasteiger partial charge in [-0.25, -0.2) is 19.7 Å². The van der Waals surface area contributed by atoms with E-state index in [2.05, 4.69) is 42.4 Å². The Bertz CT molecular complexity index is 1280. The van der Waals surface area contributed by atoms with Crippen LogP contribution in [0.25, 0.3) is 11.4 Å². The summed E-state index contributed by atoms with van der Waals surface area (Å²) < 4.78 is 5.30. The third kappa shape index (κ3) is 8.78. The number of pyridine rings is 2. The Kier molecular flexibility index (Phi) is 10.4. The lowest BCUT2D eigenvalue weighted by molar-refractivity contribution is 0.0527. The molecule has 39 heavy (non-hydrogen) atoms. The second kappa shape index (κ2) is 13.7. The number of carbonyl (C=O) groups excluding carboxylic acids is 2. The molecule has 0 aliphatic carbocycles. The maximum absolute atomic E-state index is 13.3. The van der Waals surface area contributed by atoms with Crippen LogP contribution in [-0.2, 0) is 4.74 Å². The van der Waals surface area contributed by atoms with Gasteiger partial charge in [-0.15, -0.1) is 0 Å². The van der Waals surface area contributed by atoms with Gasteiger partial charge >= 0.3 is 6.09 Å². The van der Waals surface area contributed by atoms with Crippen LogP contribution in [0.1, 0.15) is 57.4 Å². The standard InChI is InChI=1S/C27H35ClN8O3/c1-5-6-15-36(16-9-14-32-26(38)39-27(2,3)4)20-11-8-13-31-24(20)35-25(37)22-23(29)33-17-19(34-22)21-18(28)10-7-12-30-21/h7-8,10-13,17H,5-6,9,14-16H2,1-4H3,(H2,29,33)(H,32,38)(H,31,35,37). The highest BCUT2D eigenvalue weighted by atomic mass is 35.5. The summed E-state index contributed by atoms with van der Waals surface area (Å²) in [5.41, 5.74) is 6.84. The molecule has 0 bridgehead atoms. The third-order valence-electron chi connectivity index (χ3n) is 5.43. The second-order valence-corrected chi connectivity index (χ2v) is 10.2. The van der Waals surface area contributed by atoms with Crippen LogP contribution in [0.3, 0.4) is 0 Å². The molecule has 0 unspecified atom stereocenters. The number of halogens is 1. The number of nitrogens with zero attached hydrogens (tertiary/aromatic N) is 5. The van der Waals surface area contributed by atoms with Gasteiger partial charge < -0.3 is 26.0 Å². The van der Waals surface area contributed by atoms with Gasteiger partial charge in [-0.1, -0.05) is 24.9 Å². The number of alkyl carbamates (subject to hydrolysis) is 1. The van der Waals surface area contributed by atoms with Crippen LogP contribution in [0, 0.1) is 0 Å². The van der Waals surface area contributed by atoms with E-state index in [0.29, 0.717) is 41.7 Å². The largest absolute Gasteiger partial charge is 0.444 e. The molecule has 208 valence electrons. The van der Waals surface area contributed by atoms with Crippen LogP contribution in [0.2, 0.25) is 5.02 Å². The minimum Gasteiger partial charge on any atom is -0.444 e. The number of unbranched alkanes of at least 4 members (excludes halogenated alkanes) is 1. The first kappa shape index (κ1) is 29.6. The molecule has 3 rings (SSSR count). The number of nitrogens with two attached hydrogens (primary N) is 1. The topological polar surface area (TPSA) is 148 Å². The van der Waals surface area contributed by atoms with E-state index in [4.69, 9.17) is 22.1 Å². The monoisotopic (exact) mass is 554 g/mol. The normalized spacial score (nSPS) is 11.1. The minimum absolute atomic E-state index is 0.0307. The molecule has 12 heteroatoms. The Labute approximate surface area is 233 Å². The van der Waals surface area contributed by atoms with Crippen LogP contribution < -0.4 is 21.3 Å². The van der Waals surface area contributed by atoms with E-state index in [1.165, 1.54) is 6.20 Å². The number of nitrogen functional groups attached to an aromatic ring is 1. The molecule has 3 heterocycles. The number of carbonyl (C=O) groups is 2. The van der Waals surface area contributed by atoms with Crippen molar-refractivity contribution in [2.24, 2.45) is 0 Å². The van der Waals surface area contributed by atoms with Gasteiger partial charge in [0.25, 0.3) is 5.91 Å². The van der Waals surface area contributed by atoms with Crippen LogP contribution in [0.15, 0.2) is 42.9 Å². The molecule has 3 aromatic rings. The van der Waals surface area contributed by atoms with Crippen molar-refractivity contribution in [3.8, 4) is 11.4 Å². The van der Waals surface area contributed by atoms with Crippen LogP contribution in [0.5, 0.6) is 0 Å². The minimum atomic E-state index is -0.559. The zero-order chi connectivity index (χ0) is 28.4. The van der Waals surface area contributed by atoms with Crippen molar-refractivity contribution in [3.05, 3.63) is 53.6 Å². The number of hydrogen-bond donors (Lipinski definition) is 3. The molecule has 4 N–H and O–H groups in total.